The summed E-state index contributed by atoms with van der Waals surface area (Å²) < 4.78 is 86.0. The van der Waals surface area contributed by atoms with Crippen LogP contribution in [-0.4, -0.2) is 79.3 Å². The van der Waals surface area contributed by atoms with Crippen LogP contribution in [0.3, 0.4) is 0 Å². The lowest BCUT2D eigenvalue weighted by molar-refractivity contribution is 0.288. The van der Waals surface area contributed by atoms with Crippen molar-refractivity contribution in [3.8, 4) is 69.0 Å². The third-order valence-corrected chi connectivity index (χ3v) is 21.8. The van der Waals surface area contributed by atoms with Crippen LogP contribution in [0.5, 0.6) is 69.0 Å². The zero-order chi connectivity index (χ0) is 81.0. The van der Waals surface area contributed by atoms with Crippen LogP contribution in [0.25, 0.3) is 0 Å². The van der Waals surface area contributed by atoms with Gasteiger partial charge in [-0.2, -0.15) is 0 Å². The van der Waals surface area contributed by atoms with Crippen molar-refractivity contribution in [1.82, 2.24) is 0 Å². The van der Waals surface area contributed by atoms with E-state index < -0.39 is 0 Å². The van der Waals surface area contributed by atoms with Crippen molar-refractivity contribution in [2.24, 2.45) is 0 Å². The summed E-state index contributed by atoms with van der Waals surface area (Å²) in [7, 11) is 0. The second-order valence-electron chi connectivity index (χ2n) is 32.1. The molecule has 0 spiro atoms. The van der Waals surface area contributed by atoms with Crippen LogP contribution in [0.2, 0.25) is 0 Å². The molecule has 114 heavy (non-hydrogen) atoms. The van der Waals surface area contributed by atoms with E-state index in [1.165, 1.54) is 0 Å². The minimum atomic E-state index is 0.531. The van der Waals surface area contributed by atoms with E-state index in [4.69, 9.17) is 56.8 Å². The van der Waals surface area contributed by atoms with E-state index >= 15 is 0 Å². The zero-order valence-corrected chi connectivity index (χ0v) is 74.0. The highest BCUT2D eigenvalue weighted by molar-refractivity contribution is 5.61. The first kappa shape index (κ1) is 94.1. The summed E-state index contributed by atoms with van der Waals surface area (Å²) in [5, 5.41) is 0. The molecular weight excluding hydrogens is 1420 g/mol. The first-order valence-corrected chi connectivity index (χ1v) is 46.6. The summed E-state index contributed by atoms with van der Waals surface area (Å²) in [6.07, 6.45) is 40.5. The lowest BCUT2D eigenvalue weighted by atomic mass is 9.92. The maximum atomic E-state index is 7.16. The summed E-state index contributed by atoms with van der Waals surface area (Å²) in [5.41, 5.74) is 12.6. The Balaban J connectivity index is 1.64. The fourth-order valence-electron chi connectivity index (χ4n) is 14.8. The summed E-state index contributed by atoms with van der Waals surface area (Å²) in [6, 6.07) is 27.5. The van der Waals surface area contributed by atoms with Gasteiger partial charge in [-0.15, -0.1) is 0 Å². The minimum Gasteiger partial charge on any atom is -0.493 e. The minimum absolute atomic E-state index is 0.531. The molecule has 0 N–H and O–H groups in total. The number of ether oxygens (including phenoxy) is 12. The Kier molecular flexibility index (Phi) is 47.1. The van der Waals surface area contributed by atoms with Crippen molar-refractivity contribution in [2.75, 3.05) is 79.3 Å². The molecule has 16 aliphatic rings. The van der Waals surface area contributed by atoms with Gasteiger partial charge < -0.3 is 56.8 Å². The number of hydrogen-bond acceptors (Lipinski definition) is 12. The van der Waals surface area contributed by atoms with Crippen molar-refractivity contribution < 1.29 is 56.8 Å². The monoisotopic (exact) mass is 1570 g/mol. The van der Waals surface area contributed by atoms with Crippen LogP contribution in [0.4, 0.5) is 0 Å². The van der Waals surface area contributed by atoms with Crippen LogP contribution in [0.1, 0.15) is 381 Å². The van der Waals surface area contributed by atoms with Gasteiger partial charge in [-0.25, -0.2) is 0 Å². The molecule has 16 aliphatic carbocycles. The van der Waals surface area contributed by atoms with Crippen molar-refractivity contribution in [1.29, 1.82) is 0 Å². The quantitative estimate of drug-likeness (QED) is 0.0339. The normalized spacial score (nSPS) is 12.1. The molecule has 0 radical (unpaired) electrons. The van der Waals surface area contributed by atoms with Gasteiger partial charge in [-0.1, -0.05) is 237 Å². The van der Waals surface area contributed by atoms with Gasteiger partial charge in [0.1, 0.15) is 69.0 Å². The molecule has 636 valence electrons. The molecule has 22 rings (SSSR count). The summed E-state index contributed by atoms with van der Waals surface area (Å²) >= 11 is 0. The van der Waals surface area contributed by atoms with Crippen LogP contribution in [0, 0.1) is 0 Å². The highest BCUT2D eigenvalue weighted by Crippen LogP contribution is 2.45. The highest BCUT2D eigenvalue weighted by atomic mass is 16.5. The number of benzene rings is 6. The maximum absolute atomic E-state index is 7.16. The van der Waals surface area contributed by atoms with Gasteiger partial charge in [0.25, 0.3) is 0 Å². The topological polar surface area (TPSA) is 111 Å². The van der Waals surface area contributed by atoms with E-state index in [0.29, 0.717) is 118 Å². The molecule has 0 aliphatic heterocycles. The Morgan fingerprint density at radius 2 is 0.211 bits per heavy atom. The van der Waals surface area contributed by atoms with Gasteiger partial charge in [-0.05, 0) is 150 Å². The Morgan fingerprint density at radius 1 is 0.132 bits per heavy atom. The van der Waals surface area contributed by atoms with Crippen LogP contribution >= 0.6 is 0 Å². The van der Waals surface area contributed by atoms with Crippen molar-refractivity contribution in [2.45, 2.75) is 353 Å². The van der Waals surface area contributed by atoms with E-state index in [-0.39, 0.29) is 0 Å². The lowest BCUT2D eigenvalue weighted by Crippen LogP contribution is -2.11. The molecule has 12 heteroatoms. The van der Waals surface area contributed by atoms with Crippen molar-refractivity contribution >= 4 is 0 Å². The van der Waals surface area contributed by atoms with Crippen LogP contribution in [-0.2, 0) is 38.5 Å². The largest absolute Gasteiger partial charge is 0.493 e. The number of hydrogen-bond donors (Lipinski definition) is 0. The molecule has 6 aromatic rings. The maximum Gasteiger partial charge on any atom is 0.123 e. The smallest absolute Gasteiger partial charge is 0.123 e. The van der Waals surface area contributed by atoms with Gasteiger partial charge in [0.2, 0.25) is 0 Å². The lowest BCUT2D eigenvalue weighted by Gasteiger charge is -2.23. The van der Waals surface area contributed by atoms with Crippen LogP contribution < -0.4 is 56.8 Å². The summed E-state index contributed by atoms with van der Waals surface area (Å²) in [5.74, 6) is 10.2. The molecule has 0 atom stereocenters. The average molecular weight is 1570 g/mol. The standard InChI is InChI=1S/C102H156O12/c1-13-25-37-49-103-91-67-80-62-82-70-96(108-54-42-30-18-6)84(72-95(82)107-53-41-29-17-5)64-86-74-100(112-58-46-34-22-10)88(76-99(86)111-57-45-33-21-9)66-90-78-101(113-59-47-35-23-11)89(77-102(90)114-60-48-36-24-12)65-87-75-97(109-55-43-31-19-7)85(73-98(87)110-56-44-32-20-8)63-83-71-93(105-51-39-27-15-3)81(69-94(83)106-52-40-28-16-4)61-79(91)68-92(80)104-50-38-26-14-2/h67-78H,13-66H2,1-12H3. The predicted octanol–water partition coefficient (Wildman–Crippen LogP) is 28.4. The molecule has 0 saturated heterocycles. The average Bonchev–Trinajstić information content (AvgIpc) is 0.784. The van der Waals surface area contributed by atoms with Gasteiger partial charge in [-0.3, -0.25) is 0 Å². The highest BCUT2D eigenvalue weighted by Gasteiger charge is 2.27. The number of rotatable bonds is 60. The summed E-state index contributed by atoms with van der Waals surface area (Å²) in [6.45, 7) is 34.2. The fourth-order valence-corrected chi connectivity index (χ4v) is 14.8. The fraction of sp³-hybridized carbons (Fsp3) is 0.647. The van der Waals surface area contributed by atoms with Gasteiger partial charge >= 0.3 is 0 Å². The molecule has 12 bridgehead atoms. The SMILES string of the molecule is CCCCCOc1cc2c(OCCCCC)cc1Cc1cc(OCCCCC)c(cc1OCCCCC)Cc1cc(OCCCCC)c(cc1OCCCCC)Cc1cc(OCCCCC)c(cc1OCCCCC)Cc1cc(OCCCCC)c(cc1OCCCCC)Cc1cc(OCCCCC)c(cc1OCCCCC)C2. The van der Waals surface area contributed by atoms with E-state index in [1.807, 2.05) is 0 Å². The Bertz CT molecular complexity index is 2770. The Morgan fingerprint density at radius 3 is 0.281 bits per heavy atom. The van der Waals surface area contributed by atoms with E-state index in [9.17, 15) is 0 Å². The molecule has 0 fully saturated rings. The Hall–Kier alpha value is -7.08. The molecule has 0 unspecified atom stereocenters. The molecule has 0 heterocycles. The first-order valence-electron chi connectivity index (χ1n) is 46.6. The van der Waals surface area contributed by atoms with Crippen molar-refractivity contribution in [3.05, 3.63) is 140 Å². The second kappa shape index (κ2) is 57.1. The number of unbranched alkanes of at least 4 members (excludes halogenated alkanes) is 24. The summed E-state index contributed by atoms with van der Waals surface area (Å²) in [4.78, 5) is 0. The van der Waals surface area contributed by atoms with E-state index in [1.54, 1.807) is 0 Å². The van der Waals surface area contributed by atoms with Crippen LogP contribution in [0.15, 0.2) is 72.8 Å². The molecule has 0 amide bonds. The zero-order valence-electron chi connectivity index (χ0n) is 74.0. The van der Waals surface area contributed by atoms with E-state index in [0.717, 1.165) is 367 Å². The molecule has 0 aromatic heterocycles. The predicted molar refractivity (Wildman–Crippen MR) is 476 cm³/mol. The first-order chi connectivity index (χ1) is 56.1. The van der Waals surface area contributed by atoms with Gasteiger partial charge in [0, 0.05) is 105 Å². The van der Waals surface area contributed by atoms with Gasteiger partial charge in [0.05, 0.1) is 79.3 Å². The molecular formula is C102H156O12. The van der Waals surface area contributed by atoms with Gasteiger partial charge in [0.15, 0.2) is 0 Å². The molecule has 6 aromatic carbocycles. The molecule has 0 saturated carbocycles. The second-order valence-corrected chi connectivity index (χ2v) is 32.1. The third-order valence-electron chi connectivity index (χ3n) is 21.8. The third kappa shape index (κ3) is 33.1. The van der Waals surface area contributed by atoms with E-state index in [2.05, 4.69) is 156 Å². The molecule has 12 nitrogen and oxygen atoms in total. The Labute approximate surface area is 693 Å². The van der Waals surface area contributed by atoms with Crippen molar-refractivity contribution in [3.63, 3.8) is 0 Å².